The summed E-state index contributed by atoms with van der Waals surface area (Å²) in [6.45, 7) is 2.48. The van der Waals surface area contributed by atoms with Gasteiger partial charge in [-0.15, -0.1) is 0 Å². The number of carbonyl (C=O) groups is 1. The van der Waals surface area contributed by atoms with Crippen LogP contribution in [0.15, 0.2) is 66.7 Å². The van der Waals surface area contributed by atoms with Crippen LogP contribution in [0.5, 0.6) is 17.2 Å². The second-order valence-corrected chi connectivity index (χ2v) is 17.7. The molecule has 0 spiro atoms. The van der Waals surface area contributed by atoms with Crippen molar-refractivity contribution in [2.75, 3.05) is 20.3 Å². The van der Waals surface area contributed by atoms with Gasteiger partial charge in [0.2, 0.25) is 0 Å². The quantitative estimate of drug-likeness (QED) is 0.0612. The number of hydrogen-bond acceptors (Lipinski definition) is 9. The van der Waals surface area contributed by atoms with Crippen LogP contribution in [0.25, 0.3) is 11.1 Å². The van der Waals surface area contributed by atoms with Crippen LogP contribution in [0, 0.1) is 47.3 Å². The summed E-state index contributed by atoms with van der Waals surface area (Å²) in [5.74, 6) is 0.620. The Hall–Kier alpha value is -5.10. The Morgan fingerprint density at radius 1 is 0.918 bits per heavy atom. The van der Waals surface area contributed by atoms with Crippen molar-refractivity contribution in [3.8, 4) is 40.5 Å². The van der Waals surface area contributed by atoms with Crippen LogP contribution >= 0.6 is 11.6 Å². The Kier molecular flexibility index (Phi) is 12.9. The van der Waals surface area contributed by atoms with Crippen LogP contribution in [0.3, 0.4) is 0 Å². The molecule has 2 saturated carbocycles. The summed E-state index contributed by atoms with van der Waals surface area (Å²) >= 11 is 7.00. The monoisotopic (exact) mass is 843 g/mol. The van der Waals surface area contributed by atoms with Gasteiger partial charge in [-0.25, -0.2) is 0 Å². The molecule has 10 nitrogen and oxygen atoms in total. The summed E-state index contributed by atoms with van der Waals surface area (Å²) in [4.78, 5) is 11.9. The average molecular weight is 844 g/mol. The van der Waals surface area contributed by atoms with Gasteiger partial charge in [-0.2, -0.15) is 10.5 Å². The first-order valence-electron chi connectivity index (χ1n) is 21.7. The van der Waals surface area contributed by atoms with Crippen molar-refractivity contribution >= 4 is 17.6 Å². The number of benzene rings is 4. The number of nitrogens with zero attached hydrogens (tertiary/aromatic N) is 2. The maximum Gasteiger partial charge on any atom is 0.309 e. The summed E-state index contributed by atoms with van der Waals surface area (Å²) in [5.41, 5.74) is 7.46. The lowest BCUT2D eigenvalue weighted by Crippen LogP contribution is -2.34. The third-order valence-electron chi connectivity index (χ3n) is 13.6. The fourth-order valence-corrected chi connectivity index (χ4v) is 10.3. The van der Waals surface area contributed by atoms with Crippen LogP contribution in [-0.2, 0) is 29.0 Å². The number of carboxylic acids is 1. The fourth-order valence-electron chi connectivity index (χ4n) is 10.1. The lowest BCUT2D eigenvalue weighted by molar-refractivity contribution is -0.144. The van der Waals surface area contributed by atoms with E-state index in [1.54, 1.807) is 18.2 Å². The van der Waals surface area contributed by atoms with E-state index in [4.69, 9.17) is 30.5 Å². The van der Waals surface area contributed by atoms with E-state index in [9.17, 15) is 25.5 Å². The Morgan fingerprint density at radius 3 is 2.38 bits per heavy atom. The van der Waals surface area contributed by atoms with Gasteiger partial charge >= 0.3 is 5.97 Å². The number of aliphatic hydroxyl groups is 1. The maximum atomic E-state index is 11.9. The zero-order valence-corrected chi connectivity index (χ0v) is 35.7. The number of halogens is 1. The lowest BCUT2D eigenvalue weighted by Gasteiger charge is -2.27. The second-order valence-electron chi connectivity index (χ2n) is 17.3. The molecule has 4 aromatic rings. The van der Waals surface area contributed by atoms with Gasteiger partial charge in [-0.1, -0.05) is 61.2 Å². The SMILES string of the molecule is COC1CCC(CCCCCOc2cccc(-c3cccc4c3CCC4Oc3cc(OCc4cc(C#N)cc(C#N)c4)c(CC45NC4C5[C@@H](CO)C(=O)O)cc3Cl)c2C)CC1. The van der Waals surface area contributed by atoms with Gasteiger partial charge < -0.3 is 34.5 Å². The third kappa shape index (κ3) is 9.10. The molecule has 1 saturated heterocycles. The van der Waals surface area contributed by atoms with Crippen LogP contribution in [0.4, 0.5) is 0 Å². The molecule has 11 heteroatoms. The minimum Gasteiger partial charge on any atom is -0.493 e. The van der Waals surface area contributed by atoms with Crippen LogP contribution in [0.2, 0.25) is 5.02 Å². The van der Waals surface area contributed by atoms with Crippen LogP contribution in [-0.4, -0.2) is 54.2 Å². The zero-order valence-electron chi connectivity index (χ0n) is 34.9. The number of nitriles is 2. The highest BCUT2D eigenvalue weighted by atomic mass is 35.5. The number of aliphatic carboxylic acids is 1. The molecular formula is C50H54ClN3O7. The summed E-state index contributed by atoms with van der Waals surface area (Å²) in [6, 6.07) is 25.4. The molecule has 1 heterocycles. The average Bonchev–Trinajstić information content (AvgIpc) is 4.08. The van der Waals surface area contributed by atoms with E-state index in [2.05, 4.69) is 60.8 Å². The van der Waals surface area contributed by atoms with Crippen molar-refractivity contribution in [3.05, 3.63) is 111 Å². The van der Waals surface area contributed by atoms with Gasteiger partial charge in [-0.05, 0) is 133 Å². The lowest BCUT2D eigenvalue weighted by atomic mass is 9.84. The van der Waals surface area contributed by atoms with Gasteiger partial charge in [-0.3, -0.25) is 4.79 Å². The number of unbranched alkanes of at least 4 members (excludes halogenated alkanes) is 2. The number of ether oxygens (including phenoxy) is 4. The highest BCUT2D eigenvalue weighted by molar-refractivity contribution is 6.32. The molecule has 3 aliphatic carbocycles. The minimum atomic E-state index is -1.02. The number of nitrogens with one attached hydrogen (secondary N) is 1. The Morgan fingerprint density at radius 2 is 1.67 bits per heavy atom. The molecule has 4 unspecified atom stereocenters. The van der Waals surface area contributed by atoms with Crippen LogP contribution < -0.4 is 19.5 Å². The molecule has 0 bridgehead atoms. The first kappa shape index (κ1) is 42.6. The van der Waals surface area contributed by atoms with Crippen molar-refractivity contribution in [2.45, 2.75) is 108 Å². The van der Waals surface area contributed by atoms with Crippen molar-refractivity contribution in [3.63, 3.8) is 0 Å². The van der Waals surface area contributed by atoms with Gasteiger partial charge in [0.25, 0.3) is 0 Å². The van der Waals surface area contributed by atoms with E-state index in [1.807, 2.05) is 13.2 Å². The van der Waals surface area contributed by atoms with Crippen molar-refractivity contribution < 1.29 is 34.0 Å². The predicted octanol–water partition coefficient (Wildman–Crippen LogP) is 9.42. The summed E-state index contributed by atoms with van der Waals surface area (Å²) in [7, 11) is 1.83. The summed E-state index contributed by atoms with van der Waals surface area (Å²) < 4.78 is 25.1. The fraction of sp³-hybridized carbons (Fsp3) is 0.460. The molecule has 0 radical (unpaired) electrons. The molecule has 61 heavy (non-hydrogen) atoms. The maximum absolute atomic E-state index is 11.9. The number of hydrogen-bond donors (Lipinski definition) is 3. The molecule has 3 N–H and O–H groups in total. The van der Waals surface area contributed by atoms with Gasteiger partial charge in [0, 0.05) is 30.7 Å². The Bertz CT molecular complexity index is 2310. The molecule has 0 amide bonds. The number of methoxy groups -OCH3 is 1. The van der Waals surface area contributed by atoms with E-state index in [0.29, 0.717) is 52.3 Å². The normalized spacial score (nSPS) is 23.8. The topological polar surface area (TPSA) is 164 Å². The minimum absolute atomic E-state index is 0.0135. The van der Waals surface area contributed by atoms with E-state index < -0.39 is 24.0 Å². The first-order valence-corrected chi connectivity index (χ1v) is 22.1. The second kappa shape index (κ2) is 18.5. The third-order valence-corrected chi connectivity index (χ3v) is 13.9. The highest BCUT2D eigenvalue weighted by Crippen LogP contribution is 2.63. The van der Waals surface area contributed by atoms with Crippen molar-refractivity contribution in [2.24, 2.45) is 17.8 Å². The van der Waals surface area contributed by atoms with Gasteiger partial charge in [0.15, 0.2) is 0 Å². The number of aliphatic hydroxyl groups excluding tert-OH is 1. The Balaban J connectivity index is 0.963. The largest absolute Gasteiger partial charge is 0.493 e. The number of rotatable bonds is 19. The van der Waals surface area contributed by atoms with Crippen molar-refractivity contribution in [1.29, 1.82) is 10.5 Å². The summed E-state index contributed by atoms with van der Waals surface area (Å²) in [6.07, 6.45) is 11.9. The molecule has 1 aliphatic heterocycles. The Labute approximate surface area is 363 Å². The molecule has 3 fully saturated rings. The molecule has 0 aromatic heterocycles. The molecule has 8 rings (SSSR count). The van der Waals surface area contributed by atoms with E-state index in [0.717, 1.165) is 53.2 Å². The molecule has 318 valence electrons. The van der Waals surface area contributed by atoms with E-state index in [1.165, 1.54) is 62.1 Å². The highest BCUT2D eigenvalue weighted by Gasteiger charge is 2.81. The number of carboxylic acid groups (broad SMARTS) is 1. The van der Waals surface area contributed by atoms with Crippen molar-refractivity contribution in [1.82, 2.24) is 5.32 Å². The molecule has 4 aliphatic rings. The standard InChI is InChI=1S/C50H54ClN3O7/c1-30-37(9-7-12-43(30)59-19-5-3-4-8-31-13-15-36(58-2)16-14-31)38-10-6-11-40-39(38)17-18-44(40)61-46-24-45(60-29-34-21-32(26-52)20-33(22-34)27-53)35(23-42(46)51)25-50-47(48(50)54-50)41(28-55)49(56)57/h6-7,9-12,20-24,31,36,41,44,47-48,54-55H,3-5,8,13-19,25,28-29H2,1-2H3,(H,56,57)/t31?,36?,41-,44?,47?,48?,50?/m1/s1. The van der Waals surface area contributed by atoms with Gasteiger partial charge in [0.05, 0.1) is 53.5 Å². The summed E-state index contributed by atoms with van der Waals surface area (Å²) in [5, 5.41) is 42.5. The molecule has 5 atom stereocenters. The predicted molar refractivity (Wildman–Crippen MR) is 232 cm³/mol. The first-order chi connectivity index (χ1) is 29.7. The van der Waals surface area contributed by atoms with Gasteiger partial charge in [0.1, 0.15) is 30.0 Å². The smallest absolute Gasteiger partial charge is 0.309 e. The molecule has 4 aromatic carbocycles. The zero-order chi connectivity index (χ0) is 42.7. The van der Waals surface area contributed by atoms with Crippen LogP contribution in [0.1, 0.15) is 103 Å². The van der Waals surface area contributed by atoms with E-state index >= 15 is 0 Å². The number of fused-ring (bicyclic) bond motifs is 2. The van der Waals surface area contributed by atoms with E-state index in [-0.39, 0.29) is 24.7 Å². The molecular weight excluding hydrogens is 790 g/mol.